The first-order valence-electron chi connectivity index (χ1n) is 5.97. The molecule has 0 unspecified atom stereocenters. The van der Waals surface area contributed by atoms with Crippen molar-refractivity contribution >= 4 is 17.1 Å². The van der Waals surface area contributed by atoms with Crippen LogP contribution in [-0.2, 0) is 0 Å². The largest absolute Gasteiger partial charge is 0.399 e. The van der Waals surface area contributed by atoms with Crippen LogP contribution < -0.4 is 16.4 Å². The first-order valence-corrected chi connectivity index (χ1v) is 5.97. The minimum absolute atomic E-state index is 0.824. The topological polar surface area (TPSA) is 56.5 Å². The Morgan fingerprint density at radius 2 is 1.11 bits per heavy atom. The van der Waals surface area contributed by atoms with Crippen LogP contribution >= 0.6 is 0 Å². The maximum atomic E-state index is 5.52. The highest BCUT2D eigenvalue weighted by molar-refractivity contribution is 5.44. The van der Waals surface area contributed by atoms with Crippen molar-refractivity contribution in [1.29, 1.82) is 0 Å². The van der Waals surface area contributed by atoms with Crippen LogP contribution in [0.2, 0.25) is 0 Å². The second kappa shape index (κ2) is 6.67. The quantitative estimate of drug-likeness (QED) is 0.668. The molecule has 0 aliphatic heterocycles. The third kappa shape index (κ3) is 4.89. The number of aryl methyl sites for hydroxylation is 1. The van der Waals surface area contributed by atoms with Crippen LogP contribution in [0.4, 0.5) is 17.1 Å². The molecule has 0 radical (unpaired) electrons. The van der Waals surface area contributed by atoms with Crippen LogP contribution in [0.25, 0.3) is 0 Å². The molecule has 0 aliphatic carbocycles. The molecular weight excluding hydrogens is 222 g/mol. The first kappa shape index (κ1) is 14.1. The van der Waals surface area contributed by atoms with E-state index in [1.165, 1.54) is 16.2 Å². The molecule has 0 atom stereocenters. The highest BCUT2D eigenvalue weighted by atomic mass is 15.1. The average molecular weight is 244 g/mol. The van der Waals surface area contributed by atoms with Gasteiger partial charge in [-0.15, -0.1) is 0 Å². The number of hydrogen-bond donors (Lipinski definition) is 3. The molecule has 3 nitrogen and oxygen atoms in total. The van der Waals surface area contributed by atoms with Gasteiger partial charge in [0, 0.05) is 23.5 Å². The number of nitrogens with two attached hydrogens (primary N) is 2. The van der Waals surface area contributed by atoms with E-state index in [0.717, 1.165) is 11.4 Å². The van der Waals surface area contributed by atoms with Crippen LogP contribution in [0.3, 0.4) is 0 Å². The van der Waals surface area contributed by atoms with E-state index in [4.69, 9.17) is 11.5 Å². The molecule has 0 aromatic heterocycles. The molecule has 2 rings (SSSR count). The summed E-state index contributed by atoms with van der Waals surface area (Å²) < 4.78 is 0. The third-order valence-electron chi connectivity index (χ3n) is 2.57. The van der Waals surface area contributed by atoms with Gasteiger partial charge in [-0.25, -0.2) is 0 Å². The zero-order chi connectivity index (χ0) is 13.5. The summed E-state index contributed by atoms with van der Waals surface area (Å²) in [5, 5.41) is 0. The standard InChI is InChI=1S/C8H12N2.C7H9N/c1-10(2)8-5-3-7(9)4-6-8;1-6-2-4-7(8)5-3-6/h3-6H,9H2,1-2H3;2-5H,8H2,1H3/p+1. The van der Waals surface area contributed by atoms with Gasteiger partial charge in [-0.3, -0.25) is 0 Å². The Labute approximate surface area is 109 Å². The van der Waals surface area contributed by atoms with Crippen molar-refractivity contribution in [2.75, 3.05) is 25.6 Å². The molecule has 0 saturated heterocycles. The smallest absolute Gasteiger partial charge is 0.130 e. The van der Waals surface area contributed by atoms with Crippen molar-refractivity contribution in [3.05, 3.63) is 54.1 Å². The van der Waals surface area contributed by atoms with Gasteiger partial charge in [0.05, 0.1) is 14.1 Å². The second-order valence-corrected chi connectivity index (χ2v) is 4.53. The monoisotopic (exact) mass is 244 g/mol. The molecule has 0 saturated carbocycles. The predicted octanol–water partition coefficient (Wildman–Crippen LogP) is 1.62. The van der Waals surface area contributed by atoms with Crippen LogP contribution in [-0.4, -0.2) is 14.1 Å². The van der Waals surface area contributed by atoms with E-state index in [0.29, 0.717) is 0 Å². The summed E-state index contributed by atoms with van der Waals surface area (Å²) in [4.78, 5) is 1.32. The summed E-state index contributed by atoms with van der Waals surface area (Å²) >= 11 is 0. The molecule has 0 bridgehead atoms. The van der Waals surface area contributed by atoms with Gasteiger partial charge in [-0.05, 0) is 31.2 Å². The fourth-order valence-electron chi connectivity index (χ4n) is 1.38. The summed E-state index contributed by atoms with van der Waals surface area (Å²) in [5.41, 5.74) is 15.1. The molecule has 0 heterocycles. The number of quaternary nitrogens is 1. The third-order valence-corrected chi connectivity index (χ3v) is 2.57. The van der Waals surface area contributed by atoms with Crippen molar-refractivity contribution in [3.63, 3.8) is 0 Å². The number of benzene rings is 2. The molecule has 0 amide bonds. The van der Waals surface area contributed by atoms with Crippen molar-refractivity contribution in [2.24, 2.45) is 0 Å². The molecule has 0 fully saturated rings. The van der Waals surface area contributed by atoms with E-state index < -0.39 is 0 Å². The Bertz CT molecular complexity index is 437. The molecule has 3 heteroatoms. The molecule has 2 aromatic carbocycles. The SMILES string of the molecule is C[NH+](C)c1ccc(N)cc1.Cc1ccc(N)cc1. The lowest BCUT2D eigenvalue weighted by Gasteiger charge is -2.05. The maximum absolute atomic E-state index is 5.52. The highest BCUT2D eigenvalue weighted by Gasteiger charge is 1.96. The Balaban J connectivity index is 0.000000184. The minimum Gasteiger partial charge on any atom is -0.399 e. The molecule has 96 valence electrons. The lowest BCUT2D eigenvalue weighted by atomic mass is 10.2. The first-order chi connectivity index (χ1) is 8.49. The number of nitrogens with one attached hydrogen (secondary N) is 1. The van der Waals surface area contributed by atoms with Gasteiger partial charge in [-0.2, -0.15) is 0 Å². The van der Waals surface area contributed by atoms with Gasteiger partial charge >= 0.3 is 0 Å². The predicted molar refractivity (Wildman–Crippen MR) is 78.9 cm³/mol. The zero-order valence-electron chi connectivity index (χ0n) is 11.3. The summed E-state index contributed by atoms with van der Waals surface area (Å²) in [6.07, 6.45) is 0. The summed E-state index contributed by atoms with van der Waals surface area (Å²) in [6, 6.07) is 15.7. The fraction of sp³-hybridized carbons (Fsp3) is 0.200. The van der Waals surface area contributed by atoms with E-state index >= 15 is 0 Å². The van der Waals surface area contributed by atoms with Crippen molar-refractivity contribution in [1.82, 2.24) is 0 Å². The number of anilines is 2. The second-order valence-electron chi connectivity index (χ2n) is 4.53. The molecular formula is C15H22N3+. The molecule has 5 N–H and O–H groups in total. The lowest BCUT2D eigenvalue weighted by Crippen LogP contribution is -3.00. The van der Waals surface area contributed by atoms with Gasteiger partial charge in [0.2, 0.25) is 0 Å². The van der Waals surface area contributed by atoms with E-state index in [-0.39, 0.29) is 0 Å². The van der Waals surface area contributed by atoms with E-state index in [2.05, 4.69) is 14.1 Å². The van der Waals surface area contributed by atoms with Crippen molar-refractivity contribution in [3.8, 4) is 0 Å². The Morgan fingerprint density at radius 3 is 1.44 bits per heavy atom. The normalized spacial score (nSPS) is 9.78. The molecule has 18 heavy (non-hydrogen) atoms. The van der Waals surface area contributed by atoms with E-state index in [1.54, 1.807) is 0 Å². The number of nitrogen functional groups attached to an aromatic ring is 2. The van der Waals surface area contributed by atoms with Gasteiger partial charge in [0.25, 0.3) is 0 Å². The summed E-state index contributed by atoms with van der Waals surface area (Å²) in [7, 11) is 4.18. The molecule has 2 aromatic rings. The molecule has 0 aliphatic rings. The lowest BCUT2D eigenvalue weighted by molar-refractivity contribution is -0.786. The van der Waals surface area contributed by atoms with Gasteiger partial charge in [0.15, 0.2) is 0 Å². The van der Waals surface area contributed by atoms with Gasteiger partial charge in [0.1, 0.15) is 5.69 Å². The number of hydrogen-bond acceptors (Lipinski definition) is 2. The van der Waals surface area contributed by atoms with Crippen LogP contribution in [0.1, 0.15) is 5.56 Å². The Kier molecular flexibility index (Phi) is 5.21. The minimum atomic E-state index is 0.824. The zero-order valence-corrected chi connectivity index (χ0v) is 11.3. The van der Waals surface area contributed by atoms with Gasteiger partial charge in [-0.1, -0.05) is 17.7 Å². The van der Waals surface area contributed by atoms with Crippen LogP contribution in [0.15, 0.2) is 48.5 Å². The van der Waals surface area contributed by atoms with Gasteiger partial charge < -0.3 is 16.4 Å². The van der Waals surface area contributed by atoms with Crippen LogP contribution in [0.5, 0.6) is 0 Å². The van der Waals surface area contributed by atoms with E-state index in [9.17, 15) is 0 Å². The van der Waals surface area contributed by atoms with Crippen molar-refractivity contribution < 1.29 is 4.90 Å². The highest BCUT2D eigenvalue weighted by Crippen LogP contribution is 2.05. The van der Waals surface area contributed by atoms with Crippen LogP contribution in [0, 0.1) is 6.92 Å². The Hall–Kier alpha value is -2.00. The average Bonchev–Trinajstić information content (AvgIpc) is 2.34. The maximum Gasteiger partial charge on any atom is 0.130 e. The molecule has 0 spiro atoms. The Morgan fingerprint density at radius 1 is 0.722 bits per heavy atom. The summed E-state index contributed by atoms with van der Waals surface area (Å²) in [5.74, 6) is 0. The van der Waals surface area contributed by atoms with Crippen molar-refractivity contribution in [2.45, 2.75) is 6.92 Å². The number of rotatable bonds is 1. The van der Waals surface area contributed by atoms with E-state index in [1.807, 2.05) is 55.5 Å². The fourth-order valence-corrected chi connectivity index (χ4v) is 1.38. The summed E-state index contributed by atoms with van der Waals surface area (Å²) in [6.45, 7) is 2.04.